The first-order valence-corrected chi connectivity index (χ1v) is 13.0. The summed E-state index contributed by atoms with van der Waals surface area (Å²) in [5, 5.41) is 3.46. The molecule has 1 aromatic rings. The van der Waals surface area contributed by atoms with Crippen LogP contribution in [0.2, 0.25) is 0 Å². The first-order chi connectivity index (χ1) is 14.4. The molecule has 3 nitrogen and oxygen atoms in total. The molecule has 4 aliphatic carbocycles. The van der Waals surface area contributed by atoms with Crippen LogP contribution in [0, 0.1) is 23.7 Å². The van der Waals surface area contributed by atoms with E-state index >= 15 is 0 Å². The van der Waals surface area contributed by atoms with Crippen molar-refractivity contribution < 1.29 is 4.79 Å². The molecule has 4 bridgehead atoms. The summed E-state index contributed by atoms with van der Waals surface area (Å²) in [4.78, 5) is 14.2. The van der Waals surface area contributed by atoms with Gasteiger partial charge in [-0.05, 0) is 112 Å². The summed E-state index contributed by atoms with van der Waals surface area (Å²) in [7, 11) is 0. The third kappa shape index (κ3) is 5.24. The lowest BCUT2D eigenvalue weighted by molar-refractivity contribution is -0.129. The smallest absolute Gasteiger partial charge is 0.240 e. The first kappa shape index (κ1) is 23.7. The number of nitrogens with one attached hydrogen (secondary N) is 2. The van der Waals surface area contributed by atoms with Gasteiger partial charge in [0.1, 0.15) is 5.54 Å². The van der Waals surface area contributed by atoms with Crippen LogP contribution < -0.4 is 10.0 Å². The van der Waals surface area contributed by atoms with E-state index in [9.17, 15) is 4.79 Å². The lowest BCUT2D eigenvalue weighted by Gasteiger charge is -2.54. The molecule has 1 aromatic carbocycles. The predicted molar refractivity (Wildman–Crippen MR) is 129 cm³/mol. The maximum atomic E-state index is 13.1. The van der Waals surface area contributed by atoms with Gasteiger partial charge in [0.25, 0.3) is 0 Å². The molecule has 0 spiro atoms. The van der Waals surface area contributed by atoms with E-state index in [4.69, 9.17) is 0 Å². The zero-order chi connectivity index (χ0) is 21.9. The SMILES string of the molecule is CC.CCC(C)c1ccc(SNC(C)(C)C(=O)NC2C3CC4CC(C3)CC2C4)cc1. The first-order valence-electron chi connectivity index (χ1n) is 12.2. The van der Waals surface area contributed by atoms with Crippen LogP contribution in [-0.2, 0) is 4.79 Å². The summed E-state index contributed by atoms with van der Waals surface area (Å²) in [6, 6.07) is 9.14. The minimum absolute atomic E-state index is 0.147. The van der Waals surface area contributed by atoms with Gasteiger partial charge in [-0.1, -0.05) is 39.8 Å². The highest BCUT2D eigenvalue weighted by Gasteiger charge is 2.49. The quantitative estimate of drug-likeness (QED) is 0.482. The van der Waals surface area contributed by atoms with Crippen LogP contribution in [0.3, 0.4) is 0 Å². The van der Waals surface area contributed by atoms with Gasteiger partial charge in [0.05, 0.1) is 0 Å². The summed E-state index contributed by atoms with van der Waals surface area (Å²) < 4.78 is 3.42. The maximum absolute atomic E-state index is 13.1. The fourth-order valence-corrected chi connectivity index (χ4v) is 6.56. The zero-order valence-corrected chi connectivity index (χ0v) is 20.6. The molecule has 0 aromatic heterocycles. The minimum Gasteiger partial charge on any atom is -0.351 e. The van der Waals surface area contributed by atoms with Gasteiger partial charge in [-0.2, -0.15) is 0 Å². The fraction of sp³-hybridized carbons (Fsp3) is 0.731. The largest absolute Gasteiger partial charge is 0.351 e. The molecule has 0 heterocycles. The zero-order valence-electron chi connectivity index (χ0n) is 19.8. The normalized spacial score (nSPS) is 30.4. The highest BCUT2D eigenvalue weighted by molar-refractivity contribution is 7.97. The second kappa shape index (κ2) is 10.1. The molecule has 2 N–H and O–H groups in total. The third-order valence-corrected chi connectivity index (χ3v) is 8.70. The fourth-order valence-electron chi connectivity index (χ4n) is 5.83. The van der Waals surface area contributed by atoms with Crippen molar-refractivity contribution in [3.8, 4) is 0 Å². The van der Waals surface area contributed by atoms with Gasteiger partial charge in [-0.25, -0.2) is 4.72 Å². The molecular weight excluding hydrogens is 388 g/mol. The second-order valence-corrected chi connectivity index (χ2v) is 11.0. The van der Waals surface area contributed by atoms with Crippen LogP contribution in [0.25, 0.3) is 0 Å². The van der Waals surface area contributed by atoms with Crippen molar-refractivity contribution in [3.63, 3.8) is 0 Å². The van der Waals surface area contributed by atoms with Crippen LogP contribution in [-0.4, -0.2) is 17.5 Å². The molecule has 0 saturated heterocycles. The number of hydrogen-bond donors (Lipinski definition) is 2. The molecule has 1 unspecified atom stereocenters. The van der Waals surface area contributed by atoms with E-state index in [0.29, 0.717) is 12.0 Å². The summed E-state index contributed by atoms with van der Waals surface area (Å²) in [5.74, 6) is 4.06. The Morgan fingerprint density at radius 3 is 2.07 bits per heavy atom. The highest BCUT2D eigenvalue weighted by Crippen LogP contribution is 2.53. The van der Waals surface area contributed by atoms with Gasteiger partial charge in [0, 0.05) is 10.9 Å². The minimum atomic E-state index is -0.589. The molecule has 5 rings (SSSR count). The molecule has 4 heteroatoms. The molecule has 4 saturated carbocycles. The number of amides is 1. The molecule has 0 radical (unpaired) electrons. The van der Waals surface area contributed by atoms with Crippen molar-refractivity contribution in [2.24, 2.45) is 23.7 Å². The van der Waals surface area contributed by atoms with E-state index in [1.165, 1.54) is 37.7 Å². The summed E-state index contributed by atoms with van der Waals surface area (Å²) >= 11 is 1.56. The van der Waals surface area contributed by atoms with Gasteiger partial charge in [0.15, 0.2) is 0 Å². The number of rotatable bonds is 7. The third-order valence-electron chi connectivity index (χ3n) is 7.58. The molecule has 1 atom stereocenters. The van der Waals surface area contributed by atoms with Gasteiger partial charge in [-0.3, -0.25) is 4.79 Å². The van der Waals surface area contributed by atoms with Gasteiger partial charge < -0.3 is 5.32 Å². The molecule has 1 amide bonds. The molecule has 0 aliphatic heterocycles. The van der Waals surface area contributed by atoms with E-state index in [0.717, 1.165) is 35.0 Å². The van der Waals surface area contributed by atoms with Crippen LogP contribution in [0.1, 0.15) is 91.5 Å². The average molecular weight is 431 g/mol. The Morgan fingerprint density at radius 1 is 1.03 bits per heavy atom. The molecule has 4 aliphatic rings. The number of carbonyl (C=O) groups excluding carboxylic acids is 1. The lowest BCUT2D eigenvalue weighted by Crippen LogP contribution is -2.60. The molecule has 168 valence electrons. The molecule has 30 heavy (non-hydrogen) atoms. The number of hydrogen-bond acceptors (Lipinski definition) is 3. The van der Waals surface area contributed by atoms with Crippen LogP contribution >= 0.6 is 11.9 Å². The van der Waals surface area contributed by atoms with Crippen molar-refractivity contribution in [1.82, 2.24) is 10.0 Å². The van der Waals surface area contributed by atoms with Crippen molar-refractivity contribution in [2.75, 3.05) is 0 Å². The Labute approximate surface area is 188 Å². The van der Waals surface area contributed by atoms with Crippen LogP contribution in [0.4, 0.5) is 0 Å². The maximum Gasteiger partial charge on any atom is 0.240 e. The monoisotopic (exact) mass is 430 g/mol. The summed E-state index contributed by atoms with van der Waals surface area (Å²) in [6.45, 7) is 12.5. The van der Waals surface area contributed by atoms with Gasteiger partial charge >= 0.3 is 0 Å². The predicted octanol–water partition coefficient (Wildman–Crippen LogP) is 6.54. The van der Waals surface area contributed by atoms with Crippen LogP contribution in [0.15, 0.2) is 29.2 Å². The van der Waals surface area contributed by atoms with E-state index in [1.54, 1.807) is 11.9 Å². The van der Waals surface area contributed by atoms with E-state index < -0.39 is 5.54 Å². The molecular formula is C26H42N2OS. The van der Waals surface area contributed by atoms with Crippen molar-refractivity contribution >= 4 is 17.9 Å². The Kier molecular flexibility index (Phi) is 7.95. The van der Waals surface area contributed by atoms with Crippen molar-refractivity contribution in [3.05, 3.63) is 29.8 Å². The number of carbonyl (C=O) groups is 1. The Hall–Kier alpha value is -1.00. The second-order valence-electron chi connectivity index (χ2n) is 10.1. The van der Waals surface area contributed by atoms with Crippen LogP contribution in [0.5, 0.6) is 0 Å². The number of benzene rings is 1. The van der Waals surface area contributed by atoms with Crippen molar-refractivity contribution in [2.45, 2.75) is 102 Å². The Bertz CT molecular complexity index is 671. The van der Waals surface area contributed by atoms with E-state index in [-0.39, 0.29) is 5.91 Å². The standard InChI is InChI=1S/C24H36N2OS.C2H6/c1-5-15(2)18-6-8-21(9-7-18)28-26-24(3,4)23(27)25-22-19-11-16-10-17(13-19)14-20(22)12-16;1-2/h6-9,15-17,19-20,22,26H,5,10-14H2,1-4H3,(H,25,27);1-2H3. The highest BCUT2D eigenvalue weighted by atomic mass is 32.2. The van der Waals surface area contributed by atoms with Gasteiger partial charge in [0.2, 0.25) is 5.91 Å². The Morgan fingerprint density at radius 2 is 1.57 bits per heavy atom. The molecule has 4 fully saturated rings. The average Bonchev–Trinajstić information content (AvgIpc) is 2.75. The Balaban J connectivity index is 0.00000124. The summed E-state index contributed by atoms with van der Waals surface area (Å²) in [5.41, 5.74) is 0.792. The van der Waals surface area contributed by atoms with E-state index in [1.807, 2.05) is 27.7 Å². The summed E-state index contributed by atoms with van der Waals surface area (Å²) in [6.07, 6.45) is 7.95. The lowest BCUT2D eigenvalue weighted by atomic mass is 9.54. The topological polar surface area (TPSA) is 41.1 Å². The van der Waals surface area contributed by atoms with E-state index in [2.05, 4.69) is 48.2 Å². The van der Waals surface area contributed by atoms with Crippen molar-refractivity contribution in [1.29, 1.82) is 0 Å². The van der Waals surface area contributed by atoms with Gasteiger partial charge in [-0.15, -0.1) is 0 Å².